The molecule has 1 heterocycles. The molecule has 10 nitrogen and oxygen atoms in total. The number of hydrogen-bond acceptors (Lipinski definition) is 6. The number of azide groups is 1. The molecule has 0 aromatic heterocycles. The number of hydrogen-bond donors (Lipinski definition) is 2. The summed E-state index contributed by atoms with van der Waals surface area (Å²) >= 11 is 0. The van der Waals surface area contributed by atoms with Gasteiger partial charge in [-0.1, -0.05) is 68.4 Å². The Hall–Kier alpha value is -3.62. The normalized spacial score (nSPS) is 19.5. The Labute approximate surface area is 204 Å². The molecule has 186 valence electrons. The predicted molar refractivity (Wildman–Crippen MR) is 132 cm³/mol. The van der Waals surface area contributed by atoms with Crippen molar-refractivity contribution in [3.8, 4) is 0 Å². The molecule has 1 aliphatic rings. The molecule has 0 radical (unpaired) electrons. The van der Waals surface area contributed by atoms with Crippen LogP contribution in [0.5, 0.6) is 0 Å². The quantitative estimate of drug-likeness (QED) is 0.270. The number of nitrogens with zero attached hydrogens (tertiary/aromatic N) is 4. The van der Waals surface area contributed by atoms with E-state index in [1.807, 2.05) is 63.2 Å². The first-order valence-corrected chi connectivity index (χ1v) is 11.5. The maximum Gasteiger partial charge on any atom is 0.328 e. The molecule has 3 rings (SSSR count). The van der Waals surface area contributed by atoms with Crippen LogP contribution in [0.4, 0.5) is 0 Å². The lowest BCUT2D eigenvalue weighted by molar-refractivity contribution is -0.146. The number of carbonyl (C=O) groups excluding carboxylic acids is 3. The van der Waals surface area contributed by atoms with E-state index in [2.05, 4.69) is 15.3 Å². The number of benzene rings is 2. The zero-order chi connectivity index (χ0) is 25.8. The van der Waals surface area contributed by atoms with Crippen molar-refractivity contribution in [2.24, 2.45) is 16.3 Å². The minimum Gasteiger partial charge on any atom is -0.467 e. The van der Waals surface area contributed by atoms with Crippen molar-refractivity contribution < 1.29 is 19.1 Å². The fraction of sp³-hybridized carbons (Fsp3) is 0.480. The average molecular weight is 481 g/mol. The molecule has 10 heteroatoms. The molecule has 1 aliphatic heterocycles. The minimum atomic E-state index is -0.958. The van der Waals surface area contributed by atoms with Gasteiger partial charge < -0.3 is 20.7 Å². The SMILES string of the molecule is COC(=O)C(Cc1ccc2ccccc2c1)NC(=O)[C@@H]1C[C@H](N=[N+]=[N-])CN1C(=O)C(N)C(C)(C)C. The summed E-state index contributed by atoms with van der Waals surface area (Å²) < 4.78 is 4.93. The third-order valence-corrected chi connectivity index (χ3v) is 6.33. The topological polar surface area (TPSA) is 150 Å². The van der Waals surface area contributed by atoms with Crippen LogP contribution in [0, 0.1) is 5.41 Å². The third-order valence-electron chi connectivity index (χ3n) is 6.33. The van der Waals surface area contributed by atoms with Gasteiger partial charge in [0.1, 0.15) is 12.1 Å². The van der Waals surface area contributed by atoms with Crippen LogP contribution in [-0.4, -0.2) is 60.5 Å². The van der Waals surface area contributed by atoms with Gasteiger partial charge in [0.25, 0.3) is 0 Å². The highest BCUT2D eigenvalue weighted by molar-refractivity contribution is 5.93. The van der Waals surface area contributed by atoms with Gasteiger partial charge in [-0.25, -0.2) is 4.79 Å². The van der Waals surface area contributed by atoms with Gasteiger partial charge in [0.05, 0.1) is 19.2 Å². The largest absolute Gasteiger partial charge is 0.467 e. The van der Waals surface area contributed by atoms with Gasteiger partial charge in [-0.05, 0) is 33.7 Å². The number of nitrogens with two attached hydrogens (primary N) is 1. The summed E-state index contributed by atoms with van der Waals surface area (Å²) in [6.07, 6.45) is 0.355. The van der Waals surface area contributed by atoms with E-state index in [1.165, 1.54) is 12.0 Å². The van der Waals surface area contributed by atoms with Crippen LogP contribution in [0.15, 0.2) is 47.6 Å². The van der Waals surface area contributed by atoms with Crippen molar-refractivity contribution in [3.63, 3.8) is 0 Å². The molecule has 0 aliphatic carbocycles. The molecule has 0 bridgehead atoms. The van der Waals surface area contributed by atoms with Gasteiger partial charge in [0.2, 0.25) is 11.8 Å². The number of amides is 2. The van der Waals surface area contributed by atoms with Crippen molar-refractivity contribution in [1.82, 2.24) is 10.2 Å². The van der Waals surface area contributed by atoms with E-state index in [0.717, 1.165) is 16.3 Å². The van der Waals surface area contributed by atoms with Gasteiger partial charge >= 0.3 is 5.97 Å². The second-order valence-electron chi connectivity index (χ2n) is 9.91. The van der Waals surface area contributed by atoms with Crippen LogP contribution >= 0.6 is 0 Å². The van der Waals surface area contributed by atoms with Gasteiger partial charge in [0.15, 0.2) is 0 Å². The van der Waals surface area contributed by atoms with Crippen molar-refractivity contribution in [2.45, 2.75) is 57.8 Å². The lowest BCUT2D eigenvalue weighted by atomic mass is 9.86. The first kappa shape index (κ1) is 26.0. The fourth-order valence-corrected chi connectivity index (χ4v) is 4.22. The fourth-order valence-electron chi connectivity index (χ4n) is 4.22. The Kier molecular flexibility index (Phi) is 7.99. The number of likely N-dealkylation sites (tertiary alicyclic amines) is 1. The zero-order valence-electron chi connectivity index (χ0n) is 20.5. The number of carbonyl (C=O) groups is 3. The van der Waals surface area contributed by atoms with Gasteiger partial charge in [-0.3, -0.25) is 9.59 Å². The predicted octanol–water partition coefficient (Wildman–Crippen LogP) is 2.69. The molecule has 2 amide bonds. The number of fused-ring (bicyclic) bond motifs is 1. The van der Waals surface area contributed by atoms with E-state index in [4.69, 9.17) is 16.0 Å². The van der Waals surface area contributed by atoms with E-state index in [-0.39, 0.29) is 19.4 Å². The summed E-state index contributed by atoms with van der Waals surface area (Å²) in [7, 11) is 1.26. The van der Waals surface area contributed by atoms with Crippen LogP contribution in [0.2, 0.25) is 0 Å². The van der Waals surface area contributed by atoms with Crippen LogP contribution in [0.1, 0.15) is 32.8 Å². The van der Waals surface area contributed by atoms with E-state index in [9.17, 15) is 14.4 Å². The summed E-state index contributed by atoms with van der Waals surface area (Å²) in [6.45, 7) is 5.59. The number of rotatable bonds is 7. The Morgan fingerprint density at radius 3 is 2.54 bits per heavy atom. The first-order valence-electron chi connectivity index (χ1n) is 11.5. The van der Waals surface area contributed by atoms with Crippen LogP contribution in [-0.2, 0) is 25.5 Å². The molecule has 2 aromatic carbocycles. The molecule has 4 atom stereocenters. The highest BCUT2D eigenvalue weighted by Crippen LogP contribution is 2.26. The van der Waals surface area contributed by atoms with Crippen molar-refractivity contribution in [2.75, 3.05) is 13.7 Å². The molecule has 2 aromatic rings. The summed E-state index contributed by atoms with van der Waals surface area (Å²) in [5.41, 5.74) is 15.4. The molecular weight excluding hydrogens is 448 g/mol. The monoisotopic (exact) mass is 480 g/mol. The molecule has 3 N–H and O–H groups in total. The first-order chi connectivity index (χ1) is 16.5. The Bertz CT molecular complexity index is 1150. The Morgan fingerprint density at radius 2 is 1.91 bits per heavy atom. The lowest BCUT2D eigenvalue weighted by Crippen LogP contribution is -2.56. The van der Waals surface area contributed by atoms with Crippen LogP contribution in [0.25, 0.3) is 21.2 Å². The molecule has 0 saturated carbocycles. The zero-order valence-corrected chi connectivity index (χ0v) is 20.5. The summed E-state index contributed by atoms with van der Waals surface area (Å²) in [5.74, 6) is -1.52. The molecule has 2 unspecified atom stereocenters. The summed E-state index contributed by atoms with van der Waals surface area (Å²) in [5, 5.41) is 8.54. The van der Waals surface area contributed by atoms with Gasteiger partial charge in [-0.15, -0.1) is 0 Å². The van der Waals surface area contributed by atoms with Gasteiger partial charge in [0, 0.05) is 17.9 Å². The molecular formula is C25H32N6O4. The highest BCUT2D eigenvalue weighted by Gasteiger charge is 2.43. The van der Waals surface area contributed by atoms with Crippen LogP contribution in [0.3, 0.4) is 0 Å². The summed E-state index contributed by atoms with van der Waals surface area (Å²) in [4.78, 5) is 43.2. The smallest absolute Gasteiger partial charge is 0.328 e. The second-order valence-corrected chi connectivity index (χ2v) is 9.91. The highest BCUT2D eigenvalue weighted by atomic mass is 16.5. The third kappa shape index (κ3) is 6.09. The molecule has 1 fully saturated rings. The van der Waals surface area contributed by atoms with Gasteiger partial charge in [-0.2, -0.15) is 0 Å². The number of methoxy groups -OCH3 is 1. The van der Waals surface area contributed by atoms with E-state index in [1.54, 1.807) is 0 Å². The molecule has 0 spiro atoms. The van der Waals surface area contributed by atoms with Crippen LogP contribution < -0.4 is 11.1 Å². The van der Waals surface area contributed by atoms with Crippen molar-refractivity contribution >= 4 is 28.6 Å². The van der Waals surface area contributed by atoms with E-state index in [0.29, 0.717) is 0 Å². The second kappa shape index (κ2) is 10.8. The number of esters is 1. The average Bonchev–Trinajstić information content (AvgIpc) is 3.25. The number of nitrogens with one attached hydrogen (secondary N) is 1. The minimum absolute atomic E-state index is 0.0817. The maximum absolute atomic E-state index is 13.3. The Morgan fingerprint density at radius 1 is 1.23 bits per heavy atom. The van der Waals surface area contributed by atoms with Crippen molar-refractivity contribution in [3.05, 3.63) is 58.5 Å². The van der Waals surface area contributed by atoms with Crippen molar-refractivity contribution in [1.29, 1.82) is 0 Å². The lowest BCUT2D eigenvalue weighted by Gasteiger charge is -2.33. The maximum atomic E-state index is 13.3. The molecule has 35 heavy (non-hydrogen) atoms. The van der Waals surface area contributed by atoms with E-state index >= 15 is 0 Å². The van der Waals surface area contributed by atoms with E-state index < -0.39 is 47.4 Å². The summed E-state index contributed by atoms with van der Waals surface area (Å²) in [6, 6.07) is 10.4. The molecule has 1 saturated heterocycles. The Balaban J connectivity index is 1.82. The standard InChI is InChI=1S/C25H32N6O4/c1-25(2,3)21(26)23(33)31-14-18(29-30-27)13-20(31)22(32)28-19(24(34)35-4)12-15-9-10-16-7-5-6-8-17(16)11-15/h5-11,18-21H,12-14,26H2,1-4H3,(H,28,32)/t18-,19?,20-,21?/m0/s1. The number of ether oxygens (including phenoxy) is 1.